The number of fused-ring (bicyclic) bond motifs is 16. The second kappa shape index (κ2) is 28.0. The summed E-state index contributed by atoms with van der Waals surface area (Å²) in [6, 6.07) is 158. The Morgan fingerprint density at radius 3 is 0.909 bits per heavy atom. The minimum atomic E-state index is -0.0767. The van der Waals surface area contributed by atoms with Gasteiger partial charge in [-0.3, -0.25) is 0 Å². The van der Waals surface area contributed by atoms with Crippen LogP contribution in [0.3, 0.4) is 0 Å². The van der Waals surface area contributed by atoms with Crippen LogP contribution >= 0.6 is 0 Å². The summed E-state index contributed by atoms with van der Waals surface area (Å²) in [7, 11) is 0. The van der Waals surface area contributed by atoms with Crippen LogP contribution < -0.4 is 9.80 Å². The fourth-order valence-electron chi connectivity index (χ4n) is 21.2. The Labute approximate surface area is 704 Å². The largest absolute Gasteiger partial charge is 0.310 e. The summed E-state index contributed by atoms with van der Waals surface area (Å²) in [5, 5.41) is 22.5. The molecule has 0 bridgehead atoms. The third kappa shape index (κ3) is 11.2. The van der Waals surface area contributed by atoms with Gasteiger partial charge < -0.3 is 9.80 Å². The highest BCUT2D eigenvalue weighted by atomic mass is 15.2. The molecular weight excluding hydrogens is 1460 g/mol. The first-order valence-electron chi connectivity index (χ1n) is 42.4. The molecule has 0 atom stereocenters. The molecule has 0 radical (unpaired) electrons. The smallest absolute Gasteiger partial charge is 0.0497 e. The topological polar surface area (TPSA) is 6.48 Å². The predicted octanol–water partition coefficient (Wildman–Crippen LogP) is 32.8. The highest BCUT2D eigenvalue weighted by Gasteiger charge is 2.36. The van der Waals surface area contributed by atoms with Gasteiger partial charge in [-0.1, -0.05) is 372 Å². The number of nitrogens with zero attached hydrogens (tertiary/aromatic N) is 2. The van der Waals surface area contributed by atoms with Crippen LogP contribution in [-0.2, 0) is 18.3 Å². The van der Waals surface area contributed by atoms with Gasteiger partial charge in [0, 0.05) is 52.4 Å². The number of para-hydroxylation sites is 4. The zero-order chi connectivity index (χ0) is 80.0. The number of benzene rings is 22. The molecule has 0 saturated heterocycles. The Bertz CT molecular complexity index is 7640. The summed E-state index contributed by atoms with van der Waals surface area (Å²) in [6.07, 6.45) is 1.84. The molecule has 2 aliphatic heterocycles. The Morgan fingerprint density at radius 2 is 0.479 bits per heavy atom. The van der Waals surface area contributed by atoms with E-state index in [0.717, 1.165) is 24.2 Å². The molecule has 0 saturated carbocycles. The van der Waals surface area contributed by atoms with Gasteiger partial charge in [-0.25, -0.2) is 0 Å². The van der Waals surface area contributed by atoms with Crippen molar-refractivity contribution in [2.45, 2.75) is 32.1 Å². The summed E-state index contributed by atoms with van der Waals surface area (Å²) in [4.78, 5) is 4.96. The Balaban J connectivity index is 0.000000137. The average Bonchev–Trinajstić information content (AvgIpc) is 1.52. The van der Waals surface area contributed by atoms with E-state index in [4.69, 9.17) is 0 Å². The van der Waals surface area contributed by atoms with Gasteiger partial charge in [-0.05, 0) is 275 Å². The monoisotopic (exact) mass is 1540 g/mol. The van der Waals surface area contributed by atoms with Crippen molar-refractivity contribution in [1.82, 2.24) is 0 Å². The molecule has 25 rings (SSSR count). The SMILES string of the molecule is CC1(C)c2ccccc2-c2ccc(-c3c4ccccc4c(-c4ccc(-c5c6ccccc6c(-c6ccccc6)c6ccccc56)c5ccccc45)c4ccccc34)cc21.c1ccc2c(c1)Cc1ccccc1N2c1ccc2c(-c3ccc4ccccc4c3)c3cc(N4c5ccccc5Cc5ccccc54)ccc3c(-c3ccc4ccccc4c3)c2c1. The number of hydrogen-bond acceptors (Lipinski definition) is 2. The van der Waals surface area contributed by atoms with Gasteiger partial charge in [0.05, 0.1) is 0 Å². The molecule has 0 amide bonds. The van der Waals surface area contributed by atoms with Crippen LogP contribution in [0, 0.1) is 0 Å². The number of rotatable bonds is 8. The first kappa shape index (κ1) is 70.0. The lowest BCUT2D eigenvalue weighted by Gasteiger charge is -2.34. The molecule has 22 aromatic carbocycles. The van der Waals surface area contributed by atoms with Gasteiger partial charge >= 0.3 is 0 Å². The van der Waals surface area contributed by atoms with Gasteiger partial charge in [0.1, 0.15) is 0 Å². The zero-order valence-electron chi connectivity index (χ0n) is 67.2. The van der Waals surface area contributed by atoms with Crippen molar-refractivity contribution in [3.8, 4) is 77.9 Å². The standard InChI is InChI=1S/C60H40N2.C59H40/c1-3-15-41-33-47(27-25-39(41)13-1)59-51-31-29-50(62-57-23-11-7-19-45(57)36-46-20-8-12-24-58(46)62)38-54(51)60(48-28-26-40-14-2-4-16-42(40)34-48)52-32-30-49(37-53(52)59)61-55-21-9-5-17-43(55)35-44-18-6-10-22-56(44)61;1-59(2)53-31-17-16-22-41(53)42-33-32-38(36-54(42)59)56-45-25-10-14-29-49(45)58(50-30-15-11-26-46(50)56)52-35-34-51(39-20-6-7-21-40(39)52)57-47-27-12-8-23-43(47)55(37-18-4-3-5-19-37)44-24-9-13-28-48(44)57/h1-34,37-38H,35-36H2;3-36H,1-2H3. The lowest BCUT2D eigenvalue weighted by atomic mass is 9.80. The Morgan fingerprint density at radius 1 is 0.182 bits per heavy atom. The minimum absolute atomic E-state index is 0.0767. The lowest BCUT2D eigenvalue weighted by Crippen LogP contribution is -2.18. The number of anilines is 6. The molecule has 22 aromatic rings. The van der Waals surface area contributed by atoms with E-state index in [0.29, 0.717) is 0 Å². The molecule has 3 aliphatic rings. The van der Waals surface area contributed by atoms with Crippen LogP contribution in [0.15, 0.2) is 425 Å². The molecule has 121 heavy (non-hydrogen) atoms. The van der Waals surface area contributed by atoms with Gasteiger partial charge in [0.25, 0.3) is 0 Å². The van der Waals surface area contributed by atoms with Crippen molar-refractivity contribution in [1.29, 1.82) is 0 Å². The summed E-state index contributed by atoms with van der Waals surface area (Å²) < 4.78 is 0. The molecule has 0 unspecified atom stereocenters. The fourth-order valence-corrected chi connectivity index (χ4v) is 21.2. The fraction of sp³-hybridized carbons (Fsp3) is 0.0420. The summed E-state index contributed by atoms with van der Waals surface area (Å²) >= 11 is 0. The van der Waals surface area contributed by atoms with Crippen LogP contribution in [0.25, 0.3) is 175 Å². The number of hydrogen-bond donors (Lipinski definition) is 0. The molecule has 566 valence electrons. The highest BCUT2D eigenvalue weighted by Crippen LogP contribution is 2.56. The highest BCUT2D eigenvalue weighted by molar-refractivity contribution is 6.28. The molecule has 2 heterocycles. The van der Waals surface area contributed by atoms with Gasteiger partial charge in [-0.2, -0.15) is 0 Å². The normalized spacial score (nSPS) is 13.0. The van der Waals surface area contributed by atoms with Crippen molar-refractivity contribution >= 4 is 131 Å². The van der Waals surface area contributed by atoms with E-state index in [1.54, 1.807) is 0 Å². The molecule has 0 N–H and O–H groups in total. The van der Waals surface area contributed by atoms with E-state index in [2.05, 4.69) is 448 Å². The summed E-state index contributed by atoms with van der Waals surface area (Å²) in [5.41, 5.74) is 33.1. The van der Waals surface area contributed by atoms with E-state index in [1.807, 2.05) is 0 Å². The van der Waals surface area contributed by atoms with E-state index in [1.165, 1.54) is 231 Å². The molecule has 2 heteroatoms. The first-order chi connectivity index (χ1) is 59.8. The molecule has 2 nitrogen and oxygen atoms in total. The van der Waals surface area contributed by atoms with Gasteiger partial charge in [0.2, 0.25) is 0 Å². The Kier molecular flexibility index (Phi) is 16.2. The third-order valence-electron chi connectivity index (χ3n) is 26.6. The summed E-state index contributed by atoms with van der Waals surface area (Å²) in [5.74, 6) is 0. The van der Waals surface area contributed by atoms with Crippen LogP contribution in [0.2, 0.25) is 0 Å². The maximum absolute atomic E-state index is 2.48. The molecular formula is C119H80N2. The lowest BCUT2D eigenvalue weighted by molar-refractivity contribution is 0.660. The van der Waals surface area contributed by atoms with Crippen molar-refractivity contribution in [3.05, 3.63) is 458 Å². The molecule has 0 spiro atoms. The van der Waals surface area contributed by atoms with Crippen LogP contribution in [0.5, 0.6) is 0 Å². The quantitative estimate of drug-likeness (QED) is 0.140. The molecule has 1 aliphatic carbocycles. The van der Waals surface area contributed by atoms with E-state index < -0.39 is 0 Å². The van der Waals surface area contributed by atoms with Crippen molar-refractivity contribution in [2.24, 2.45) is 0 Å². The van der Waals surface area contributed by atoms with Gasteiger partial charge in [-0.15, -0.1) is 0 Å². The molecule has 0 aromatic heterocycles. The Hall–Kier alpha value is -15.2. The summed E-state index contributed by atoms with van der Waals surface area (Å²) in [6.45, 7) is 4.75. The van der Waals surface area contributed by atoms with Crippen molar-refractivity contribution < 1.29 is 0 Å². The van der Waals surface area contributed by atoms with Crippen LogP contribution in [0.4, 0.5) is 34.1 Å². The van der Waals surface area contributed by atoms with E-state index in [9.17, 15) is 0 Å². The second-order valence-electron chi connectivity index (χ2n) is 33.6. The maximum Gasteiger partial charge on any atom is 0.0497 e. The van der Waals surface area contributed by atoms with Gasteiger partial charge in [0.15, 0.2) is 0 Å². The van der Waals surface area contributed by atoms with E-state index in [-0.39, 0.29) is 5.41 Å². The maximum atomic E-state index is 2.48. The van der Waals surface area contributed by atoms with Crippen LogP contribution in [0.1, 0.15) is 47.2 Å². The minimum Gasteiger partial charge on any atom is -0.310 e. The van der Waals surface area contributed by atoms with E-state index >= 15 is 0 Å². The second-order valence-corrected chi connectivity index (χ2v) is 33.6. The van der Waals surface area contributed by atoms with Crippen LogP contribution in [-0.4, -0.2) is 0 Å². The third-order valence-corrected chi connectivity index (χ3v) is 26.6. The molecule has 0 fully saturated rings. The van der Waals surface area contributed by atoms with Crippen molar-refractivity contribution in [2.75, 3.05) is 9.80 Å². The van der Waals surface area contributed by atoms with Crippen molar-refractivity contribution in [3.63, 3.8) is 0 Å². The zero-order valence-corrected chi connectivity index (χ0v) is 67.2. The average molecular weight is 1540 g/mol. The predicted molar refractivity (Wildman–Crippen MR) is 516 cm³/mol. The first-order valence-corrected chi connectivity index (χ1v) is 42.4.